The number of amides is 2. The van der Waals surface area contributed by atoms with Crippen molar-refractivity contribution in [3.63, 3.8) is 0 Å². The smallest absolute Gasteiger partial charge is 0.310 e. The maximum atomic E-state index is 13.1. The quantitative estimate of drug-likeness (QED) is 0.267. The van der Waals surface area contributed by atoms with Crippen molar-refractivity contribution < 1.29 is 23.9 Å². The lowest BCUT2D eigenvalue weighted by Gasteiger charge is -2.25. The summed E-state index contributed by atoms with van der Waals surface area (Å²) >= 11 is 0. The van der Waals surface area contributed by atoms with Crippen molar-refractivity contribution in [2.24, 2.45) is 0 Å². The number of nitrogens with zero attached hydrogens (tertiary/aromatic N) is 2. The minimum atomic E-state index is -0.917. The number of benzene rings is 2. The second-order valence-corrected chi connectivity index (χ2v) is 10.2. The second-order valence-electron chi connectivity index (χ2n) is 10.2. The Morgan fingerprint density at radius 3 is 2.44 bits per heavy atom. The van der Waals surface area contributed by atoms with Gasteiger partial charge in [0.1, 0.15) is 18.1 Å². The highest BCUT2D eigenvalue weighted by atomic mass is 16.4. The average molecular weight is 529 g/mol. The van der Waals surface area contributed by atoms with Gasteiger partial charge in [0.05, 0.1) is 28.8 Å². The number of imidazole rings is 1. The number of rotatable bonds is 8. The van der Waals surface area contributed by atoms with Crippen molar-refractivity contribution in [1.29, 1.82) is 0 Å². The standard InChI is InChI=1S/C30H32N4O5/c1-18(30(37)38)20-8-11-23(12-9-20)32-28(35)19(2)31-29(36)21-10-13-26-25(16-21)33-27(22-14-15-39-17-22)34(26)24-6-4-3-5-7-24/h8-19,24H,3-7H2,1-2H3,(H,31,36)(H,32,35)(H,37,38). The van der Waals surface area contributed by atoms with E-state index in [1.165, 1.54) is 19.3 Å². The van der Waals surface area contributed by atoms with Gasteiger partial charge in [0.25, 0.3) is 5.91 Å². The molecule has 0 bridgehead atoms. The fourth-order valence-corrected chi connectivity index (χ4v) is 5.14. The van der Waals surface area contributed by atoms with Crippen molar-refractivity contribution in [1.82, 2.24) is 14.9 Å². The van der Waals surface area contributed by atoms with Crippen molar-refractivity contribution in [2.45, 2.75) is 64.0 Å². The summed E-state index contributed by atoms with van der Waals surface area (Å²) in [6.07, 6.45) is 9.11. The van der Waals surface area contributed by atoms with Gasteiger partial charge in [-0.05, 0) is 68.7 Å². The molecule has 0 radical (unpaired) electrons. The molecule has 1 saturated carbocycles. The lowest BCUT2D eigenvalue weighted by Crippen LogP contribution is -2.41. The number of nitrogens with one attached hydrogen (secondary N) is 2. The van der Waals surface area contributed by atoms with Crippen LogP contribution in [0.4, 0.5) is 5.69 Å². The third kappa shape index (κ3) is 5.57. The Balaban J connectivity index is 1.31. The second kappa shape index (κ2) is 11.1. The number of fused-ring (bicyclic) bond motifs is 1. The molecule has 2 unspecified atom stereocenters. The largest absolute Gasteiger partial charge is 0.481 e. The Bertz CT molecular complexity index is 1480. The SMILES string of the molecule is CC(NC(=O)c1ccc2c(c1)nc(-c1ccoc1)n2C1CCCCC1)C(=O)Nc1ccc(C(C)C(=O)O)cc1. The third-order valence-corrected chi connectivity index (χ3v) is 7.46. The van der Waals surface area contributed by atoms with E-state index in [1.54, 1.807) is 62.8 Å². The molecule has 1 aliphatic carbocycles. The number of carboxylic acid groups (broad SMARTS) is 1. The normalized spacial score (nSPS) is 15.5. The molecule has 2 amide bonds. The predicted octanol–water partition coefficient (Wildman–Crippen LogP) is 5.75. The molecule has 1 fully saturated rings. The number of aliphatic carboxylic acids is 1. The van der Waals surface area contributed by atoms with Crippen LogP contribution in [0.15, 0.2) is 65.5 Å². The molecule has 9 heteroatoms. The van der Waals surface area contributed by atoms with E-state index in [9.17, 15) is 14.4 Å². The molecule has 5 rings (SSSR count). The first-order valence-electron chi connectivity index (χ1n) is 13.3. The van der Waals surface area contributed by atoms with Gasteiger partial charge in [-0.2, -0.15) is 0 Å². The molecule has 1 aliphatic rings. The molecule has 39 heavy (non-hydrogen) atoms. The molecular weight excluding hydrogens is 496 g/mol. The minimum Gasteiger partial charge on any atom is -0.481 e. The number of anilines is 1. The topological polar surface area (TPSA) is 126 Å². The van der Waals surface area contributed by atoms with Crippen LogP contribution in [0, 0.1) is 0 Å². The molecule has 0 aliphatic heterocycles. The first kappa shape index (κ1) is 26.2. The number of furan rings is 1. The van der Waals surface area contributed by atoms with Gasteiger partial charge in [-0.15, -0.1) is 0 Å². The van der Waals surface area contributed by atoms with Gasteiger partial charge in [0.15, 0.2) is 0 Å². The van der Waals surface area contributed by atoms with Gasteiger partial charge < -0.3 is 24.7 Å². The Morgan fingerprint density at radius 2 is 1.77 bits per heavy atom. The molecule has 9 nitrogen and oxygen atoms in total. The van der Waals surface area contributed by atoms with Crippen molar-refractivity contribution >= 4 is 34.5 Å². The molecule has 0 saturated heterocycles. The van der Waals surface area contributed by atoms with Crippen LogP contribution in [0.5, 0.6) is 0 Å². The highest BCUT2D eigenvalue weighted by Gasteiger charge is 2.24. The zero-order valence-electron chi connectivity index (χ0n) is 22.0. The summed E-state index contributed by atoms with van der Waals surface area (Å²) in [6.45, 7) is 3.21. The van der Waals surface area contributed by atoms with Gasteiger partial charge in [-0.1, -0.05) is 31.4 Å². The van der Waals surface area contributed by atoms with Gasteiger partial charge in [0.2, 0.25) is 5.91 Å². The van der Waals surface area contributed by atoms with Crippen LogP contribution in [-0.4, -0.2) is 38.5 Å². The molecule has 4 aromatic rings. The highest BCUT2D eigenvalue weighted by Crippen LogP contribution is 2.36. The van der Waals surface area contributed by atoms with E-state index in [-0.39, 0.29) is 11.8 Å². The zero-order chi connectivity index (χ0) is 27.5. The molecule has 2 atom stereocenters. The summed E-state index contributed by atoms with van der Waals surface area (Å²) in [4.78, 5) is 41.8. The lowest BCUT2D eigenvalue weighted by atomic mass is 9.95. The fraction of sp³-hybridized carbons (Fsp3) is 0.333. The van der Waals surface area contributed by atoms with E-state index in [1.807, 2.05) is 12.1 Å². The first-order valence-corrected chi connectivity index (χ1v) is 13.3. The van der Waals surface area contributed by atoms with Crippen molar-refractivity contribution in [3.05, 3.63) is 72.2 Å². The summed E-state index contributed by atoms with van der Waals surface area (Å²) in [5, 5.41) is 14.7. The zero-order valence-corrected chi connectivity index (χ0v) is 22.0. The van der Waals surface area contributed by atoms with E-state index in [0.717, 1.165) is 35.3 Å². The summed E-state index contributed by atoms with van der Waals surface area (Å²) in [6, 6.07) is 13.5. The van der Waals surface area contributed by atoms with Crippen molar-refractivity contribution in [3.8, 4) is 11.4 Å². The molecule has 0 spiro atoms. The first-order chi connectivity index (χ1) is 18.8. The Labute approximate surface area is 226 Å². The summed E-state index contributed by atoms with van der Waals surface area (Å²) in [5.74, 6) is -1.48. The Hall–Kier alpha value is -4.40. The number of carbonyl (C=O) groups excluding carboxylic acids is 2. The van der Waals surface area contributed by atoms with Crippen LogP contribution in [-0.2, 0) is 9.59 Å². The molecule has 2 aromatic carbocycles. The maximum absolute atomic E-state index is 13.1. The summed E-state index contributed by atoms with van der Waals surface area (Å²) in [5.41, 5.74) is 4.17. The molecular formula is C30H32N4O5. The van der Waals surface area contributed by atoms with E-state index in [2.05, 4.69) is 15.2 Å². The summed E-state index contributed by atoms with van der Waals surface area (Å²) < 4.78 is 7.60. The summed E-state index contributed by atoms with van der Waals surface area (Å²) in [7, 11) is 0. The monoisotopic (exact) mass is 528 g/mol. The maximum Gasteiger partial charge on any atom is 0.310 e. The van der Waals surface area contributed by atoms with Crippen LogP contribution in [0.1, 0.15) is 73.8 Å². The van der Waals surface area contributed by atoms with Gasteiger partial charge in [0, 0.05) is 17.3 Å². The van der Waals surface area contributed by atoms with E-state index < -0.39 is 17.9 Å². The third-order valence-electron chi connectivity index (χ3n) is 7.46. The van der Waals surface area contributed by atoms with Crippen LogP contribution >= 0.6 is 0 Å². The Morgan fingerprint density at radius 1 is 1.03 bits per heavy atom. The van der Waals surface area contributed by atoms with Gasteiger partial charge >= 0.3 is 5.97 Å². The van der Waals surface area contributed by atoms with Gasteiger partial charge in [-0.3, -0.25) is 14.4 Å². The lowest BCUT2D eigenvalue weighted by molar-refractivity contribution is -0.138. The van der Waals surface area contributed by atoms with E-state index in [4.69, 9.17) is 14.5 Å². The molecule has 2 heterocycles. The minimum absolute atomic E-state index is 0.346. The number of aromatic nitrogens is 2. The number of hydrogen-bond acceptors (Lipinski definition) is 5. The van der Waals surface area contributed by atoms with Gasteiger partial charge in [-0.25, -0.2) is 4.98 Å². The molecule has 202 valence electrons. The number of carboxylic acids is 1. The van der Waals surface area contributed by atoms with Crippen LogP contribution in [0.25, 0.3) is 22.4 Å². The highest BCUT2D eigenvalue weighted by molar-refractivity contribution is 6.02. The van der Waals surface area contributed by atoms with Crippen LogP contribution in [0.3, 0.4) is 0 Å². The average Bonchev–Trinajstić information content (AvgIpc) is 3.61. The van der Waals surface area contributed by atoms with Crippen LogP contribution in [0.2, 0.25) is 0 Å². The Kier molecular flexibility index (Phi) is 7.49. The predicted molar refractivity (Wildman–Crippen MR) is 148 cm³/mol. The number of hydrogen-bond donors (Lipinski definition) is 3. The molecule has 2 aromatic heterocycles. The van der Waals surface area contributed by atoms with E-state index >= 15 is 0 Å². The van der Waals surface area contributed by atoms with Crippen LogP contribution < -0.4 is 10.6 Å². The molecule has 3 N–H and O–H groups in total. The fourth-order valence-electron chi connectivity index (χ4n) is 5.14. The number of carbonyl (C=O) groups is 3. The van der Waals surface area contributed by atoms with Crippen molar-refractivity contribution in [2.75, 3.05) is 5.32 Å². The van der Waals surface area contributed by atoms with E-state index in [0.29, 0.717) is 22.9 Å².